The summed E-state index contributed by atoms with van der Waals surface area (Å²) >= 11 is 5.96. The highest BCUT2D eigenvalue weighted by atomic mass is 35.5. The molecule has 0 spiro atoms. The number of rotatable bonds is 3. The fourth-order valence-electron chi connectivity index (χ4n) is 1.36. The molecule has 0 saturated heterocycles. The van der Waals surface area contributed by atoms with Gasteiger partial charge in [-0.15, -0.1) is 0 Å². The highest BCUT2D eigenvalue weighted by Crippen LogP contribution is 2.20. The van der Waals surface area contributed by atoms with Gasteiger partial charge in [0.05, 0.1) is 6.42 Å². The van der Waals surface area contributed by atoms with Crippen LogP contribution in [0, 0.1) is 6.92 Å². The molecule has 0 fully saturated rings. The van der Waals surface area contributed by atoms with Gasteiger partial charge in [0.1, 0.15) is 5.69 Å². The molecule has 7 heteroatoms. The molecule has 2 aromatic rings. The van der Waals surface area contributed by atoms with Crippen molar-refractivity contribution >= 4 is 29.0 Å². The van der Waals surface area contributed by atoms with Crippen LogP contribution in [0.5, 0.6) is 0 Å². The van der Waals surface area contributed by atoms with Crippen molar-refractivity contribution in [3.63, 3.8) is 0 Å². The third kappa shape index (κ3) is 2.78. The quantitative estimate of drug-likeness (QED) is 0.883. The smallest absolute Gasteiger partial charge is 0.230 e. The van der Waals surface area contributed by atoms with E-state index in [2.05, 4.69) is 20.3 Å². The Bertz CT molecular complexity index is 582. The molecule has 3 N–H and O–H groups in total. The van der Waals surface area contributed by atoms with Crippen LogP contribution < -0.4 is 11.1 Å². The minimum atomic E-state index is -0.266. The molecule has 6 nitrogen and oxygen atoms in total. The summed E-state index contributed by atoms with van der Waals surface area (Å²) in [5, 5.41) is 10.2. The van der Waals surface area contributed by atoms with Crippen LogP contribution in [0.15, 0.2) is 22.8 Å². The molecular formula is C11H11ClN4O2. The molecule has 0 saturated carbocycles. The van der Waals surface area contributed by atoms with Crippen molar-refractivity contribution in [3.05, 3.63) is 34.5 Å². The summed E-state index contributed by atoms with van der Waals surface area (Å²) in [6.45, 7) is 1.88. The number of hydrogen-bond donors (Lipinski definition) is 2. The van der Waals surface area contributed by atoms with Crippen LogP contribution in [-0.2, 0) is 11.2 Å². The van der Waals surface area contributed by atoms with E-state index in [1.54, 1.807) is 12.1 Å². The van der Waals surface area contributed by atoms with Crippen LogP contribution in [0.3, 0.4) is 0 Å². The van der Waals surface area contributed by atoms with Gasteiger partial charge in [-0.1, -0.05) is 22.8 Å². The zero-order valence-electron chi connectivity index (χ0n) is 9.61. The van der Waals surface area contributed by atoms with Gasteiger partial charge < -0.3 is 11.1 Å². The van der Waals surface area contributed by atoms with Crippen LogP contribution in [0.25, 0.3) is 0 Å². The third-order valence-corrected chi connectivity index (χ3v) is 2.78. The molecule has 94 valence electrons. The molecule has 0 atom stereocenters. The van der Waals surface area contributed by atoms with Crippen LogP contribution in [-0.4, -0.2) is 16.2 Å². The first-order valence-electron chi connectivity index (χ1n) is 5.19. The maximum Gasteiger partial charge on any atom is 0.230 e. The van der Waals surface area contributed by atoms with Gasteiger partial charge in [-0.2, -0.15) is 0 Å². The predicted molar refractivity (Wildman–Crippen MR) is 67.2 cm³/mol. The van der Waals surface area contributed by atoms with E-state index in [4.69, 9.17) is 17.3 Å². The monoisotopic (exact) mass is 266 g/mol. The topological polar surface area (TPSA) is 94.0 Å². The first-order valence-corrected chi connectivity index (χ1v) is 5.57. The molecule has 1 aromatic carbocycles. The molecule has 1 aromatic heterocycles. The van der Waals surface area contributed by atoms with E-state index in [0.29, 0.717) is 16.4 Å². The van der Waals surface area contributed by atoms with E-state index in [9.17, 15) is 4.79 Å². The van der Waals surface area contributed by atoms with Crippen LogP contribution in [0.2, 0.25) is 5.02 Å². The number of nitrogens with one attached hydrogen (secondary N) is 1. The lowest BCUT2D eigenvalue weighted by molar-refractivity contribution is -0.115. The number of nitrogens with zero attached hydrogens (tertiary/aromatic N) is 2. The zero-order chi connectivity index (χ0) is 13.1. The predicted octanol–water partition coefficient (Wildman–Crippen LogP) is 1.79. The van der Waals surface area contributed by atoms with E-state index in [-0.39, 0.29) is 18.1 Å². The average Bonchev–Trinajstić information content (AvgIpc) is 2.70. The van der Waals surface area contributed by atoms with Gasteiger partial charge in [-0.3, -0.25) is 4.79 Å². The molecular weight excluding hydrogens is 256 g/mol. The largest absolute Gasteiger partial charge is 0.379 e. The molecule has 0 aliphatic rings. The van der Waals surface area contributed by atoms with E-state index < -0.39 is 0 Å². The molecule has 0 aliphatic heterocycles. The van der Waals surface area contributed by atoms with Gasteiger partial charge in [-0.25, -0.2) is 4.63 Å². The summed E-state index contributed by atoms with van der Waals surface area (Å²) < 4.78 is 4.41. The van der Waals surface area contributed by atoms with Gasteiger partial charge in [0.15, 0.2) is 5.82 Å². The highest BCUT2D eigenvalue weighted by molar-refractivity contribution is 6.31. The molecule has 0 unspecified atom stereocenters. The SMILES string of the molecule is Cc1ccc(NC(=O)Cc2nonc2N)cc1Cl. The Morgan fingerprint density at radius 1 is 1.50 bits per heavy atom. The second-order valence-corrected chi connectivity index (χ2v) is 4.19. The normalized spacial score (nSPS) is 10.3. The molecule has 1 amide bonds. The maximum atomic E-state index is 11.7. The first-order chi connectivity index (χ1) is 8.56. The standard InChI is InChI=1S/C11H11ClN4O2/c1-6-2-3-7(4-8(6)12)14-10(17)5-9-11(13)16-18-15-9/h2-4H,5H2,1H3,(H2,13,16)(H,14,17). The van der Waals surface area contributed by atoms with E-state index in [0.717, 1.165) is 5.56 Å². The van der Waals surface area contributed by atoms with Crippen LogP contribution in [0.1, 0.15) is 11.3 Å². The van der Waals surface area contributed by atoms with Gasteiger partial charge in [0.25, 0.3) is 0 Å². The second kappa shape index (κ2) is 5.05. The fraction of sp³-hybridized carbons (Fsp3) is 0.182. The minimum absolute atomic E-state index is 0.000822. The lowest BCUT2D eigenvalue weighted by Gasteiger charge is -2.05. The van der Waals surface area contributed by atoms with Gasteiger partial charge in [-0.05, 0) is 29.8 Å². The number of aromatic nitrogens is 2. The molecule has 0 radical (unpaired) electrons. The number of amides is 1. The highest BCUT2D eigenvalue weighted by Gasteiger charge is 2.12. The van der Waals surface area contributed by atoms with Crippen LogP contribution >= 0.6 is 11.6 Å². The van der Waals surface area contributed by atoms with Crippen molar-refractivity contribution in [1.82, 2.24) is 10.3 Å². The molecule has 0 bridgehead atoms. The Morgan fingerprint density at radius 3 is 2.89 bits per heavy atom. The Morgan fingerprint density at radius 2 is 2.28 bits per heavy atom. The number of nitrogens with two attached hydrogens (primary N) is 1. The Hall–Kier alpha value is -2.08. The van der Waals surface area contributed by atoms with E-state index in [1.165, 1.54) is 0 Å². The number of carbonyl (C=O) groups excluding carboxylic acids is 1. The lowest BCUT2D eigenvalue weighted by Crippen LogP contribution is -2.15. The molecule has 18 heavy (non-hydrogen) atoms. The van der Waals surface area contributed by atoms with Gasteiger partial charge in [0, 0.05) is 10.7 Å². The number of benzene rings is 1. The molecule has 1 heterocycles. The summed E-state index contributed by atoms with van der Waals surface area (Å²) in [5.74, 6) is -0.149. The zero-order valence-corrected chi connectivity index (χ0v) is 10.4. The number of nitrogen functional groups attached to an aromatic ring is 1. The maximum absolute atomic E-state index is 11.7. The second-order valence-electron chi connectivity index (χ2n) is 3.79. The first kappa shape index (κ1) is 12.4. The average molecular weight is 267 g/mol. The minimum Gasteiger partial charge on any atom is -0.379 e. The van der Waals surface area contributed by atoms with E-state index >= 15 is 0 Å². The van der Waals surface area contributed by atoms with Crippen molar-refractivity contribution in [3.8, 4) is 0 Å². The fourth-order valence-corrected chi connectivity index (χ4v) is 1.54. The summed E-state index contributed by atoms with van der Waals surface area (Å²) in [7, 11) is 0. The number of anilines is 2. The van der Waals surface area contributed by atoms with Crippen molar-refractivity contribution in [2.24, 2.45) is 0 Å². The van der Waals surface area contributed by atoms with Crippen molar-refractivity contribution in [2.75, 3.05) is 11.1 Å². The van der Waals surface area contributed by atoms with Crippen molar-refractivity contribution in [1.29, 1.82) is 0 Å². The van der Waals surface area contributed by atoms with Crippen molar-refractivity contribution < 1.29 is 9.42 Å². The third-order valence-electron chi connectivity index (χ3n) is 2.37. The van der Waals surface area contributed by atoms with Gasteiger partial charge in [0.2, 0.25) is 5.91 Å². The van der Waals surface area contributed by atoms with Crippen LogP contribution in [0.4, 0.5) is 11.5 Å². The summed E-state index contributed by atoms with van der Waals surface area (Å²) in [6.07, 6.45) is 0.000822. The Labute approximate surface area is 108 Å². The summed E-state index contributed by atoms with van der Waals surface area (Å²) in [4.78, 5) is 11.7. The number of halogens is 1. The van der Waals surface area contributed by atoms with Gasteiger partial charge >= 0.3 is 0 Å². The molecule has 0 aliphatic carbocycles. The number of hydrogen-bond acceptors (Lipinski definition) is 5. The number of aryl methyl sites for hydroxylation is 1. The lowest BCUT2D eigenvalue weighted by atomic mass is 10.2. The Balaban J connectivity index is 2.03. The molecule has 2 rings (SSSR count). The Kier molecular flexibility index (Phi) is 3.47. The van der Waals surface area contributed by atoms with E-state index in [1.807, 2.05) is 13.0 Å². The summed E-state index contributed by atoms with van der Waals surface area (Å²) in [5.41, 5.74) is 7.33. The summed E-state index contributed by atoms with van der Waals surface area (Å²) in [6, 6.07) is 5.27. The number of carbonyl (C=O) groups is 1. The van der Waals surface area contributed by atoms with Crippen molar-refractivity contribution in [2.45, 2.75) is 13.3 Å².